The lowest BCUT2D eigenvalue weighted by atomic mass is 9.96. The Morgan fingerprint density at radius 1 is 0.906 bits per heavy atom. The molecule has 0 radical (unpaired) electrons. The zero-order chi connectivity index (χ0) is 24.6. The van der Waals surface area contributed by atoms with E-state index in [2.05, 4.69) is 8.92 Å². The summed E-state index contributed by atoms with van der Waals surface area (Å²) < 4.78 is 81.9. The molecule has 18 nitrogen and oxygen atoms in total. The molecule has 9 N–H and O–H groups in total. The minimum absolute atomic E-state index is 1.15. The highest BCUT2D eigenvalue weighted by molar-refractivity contribution is 7.83. The highest BCUT2D eigenvalue weighted by atomic mass is 32.3. The Labute approximate surface area is 179 Å². The number of carbonyl (C=O) groups is 1. The maximum Gasteiger partial charge on any atom is 0.397 e. The smallest absolute Gasteiger partial charge is 0.397 e. The summed E-state index contributed by atoms with van der Waals surface area (Å²) in [6.07, 6.45) is -19.1. The lowest BCUT2D eigenvalue weighted by Gasteiger charge is -2.45. The number of hydrogen-bond acceptors (Lipinski definition) is 14. The molecular formula is C12H21NO17S2. The van der Waals surface area contributed by atoms with Crippen molar-refractivity contribution in [3.8, 4) is 0 Å². The molecule has 0 aromatic heterocycles. The quantitative estimate of drug-likeness (QED) is 0.136. The predicted octanol–water partition coefficient (Wildman–Crippen LogP) is -6.08. The van der Waals surface area contributed by atoms with Crippen molar-refractivity contribution in [1.29, 1.82) is 0 Å². The molecule has 2 fully saturated rings. The van der Waals surface area contributed by atoms with Crippen molar-refractivity contribution in [3.63, 3.8) is 0 Å². The Morgan fingerprint density at radius 2 is 1.50 bits per heavy atom. The van der Waals surface area contributed by atoms with Gasteiger partial charge in [-0.25, -0.2) is 8.98 Å². The Morgan fingerprint density at radius 3 is 2.00 bits per heavy atom. The van der Waals surface area contributed by atoms with Crippen LogP contribution < -0.4 is 4.72 Å². The topological polar surface area (TPSA) is 296 Å². The number of aliphatic carboxylic acids is 1. The molecule has 20 heteroatoms. The minimum atomic E-state index is -5.12. The lowest BCUT2D eigenvalue weighted by Crippen LogP contribution is -2.68. The molecule has 0 amide bonds. The summed E-state index contributed by atoms with van der Waals surface area (Å²) in [6, 6.07) is -2.09. The van der Waals surface area contributed by atoms with E-state index in [9.17, 15) is 52.3 Å². The van der Waals surface area contributed by atoms with E-state index >= 15 is 0 Å². The normalized spacial score (nSPS) is 41.3. The Balaban J connectivity index is 2.35. The number of carboxylic acids is 1. The number of aliphatic hydroxyl groups is 5. The van der Waals surface area contributed by atoms with Gasteiger partial charge in [-0.1, -0.05) is 0 Å². The molecule has 10 atom stereocenters. The van der Waals surface area contributed by atoms with E-state index in [0.717, 1.165) is 0 Å². The van der Waals surface area contributed by atoms with Crippen molar-refractivity contribution in [3.05, 3.63) is 0 Å². The molecule has 0 unspecified atom stereocenters. The highest BCUT2D eigenvalue weighted by Gasteiger charge is 2.53. The van der Waals surface area contributed by atoms with E-state index in [0.29, 0.717) is 0 Å². The maximum absolute atomic E-state index is 11.4. The third kappa shape index (κ3) is 6.71. The van der Waals surface area contributed by atoms with Crippen LogP contribution in [0.5, 0.6) is 0 Å². The highest BCUT2D eigenvalue weighted by Crippen LogP contribution is 2.29. The first-order valence-electron chi connectivity index (χ1n) is 8.48. The molecule has 2 saturated heterocycles. The van der Waals surface area contributed by atoms with E-state index < -0.39 is 94.6 Å². The Hall–Kier alpha value is -1.11. The molecule has 0 saturated carbocycles. The van der Waals surface area contributed by atoms with E-state index in [1.165, 1.54) is 4.72 Å². The number of carboxylic acid groups (broad SMARTS) is 1. The molecule has 188 valence electrons. The van der Waals surface area contributed by atoms with Gasteiger partial charge in [-0.15, -0.1) is 0 Å². The van der Waals surface area contributed by atoms with Crippen molar-refractivity contribution in [2.75, 3.05) is 6.61 Å². The number of aliphatic hydroxyl groups excluding tert-OH is 5. The van der Waals surface area contributed by atoms with Gasteiger partial charge in [0.15, 0.2) is 18.7 Å². The standard InChI is InChI=1S/C12H21NO17S2/c14-4-2(1-27-32(24,25)26)28-12(3(5(4)15)13-31(21,22)23)30-8-6(16)7(17)11(20)29-9(8)10(18)19/h2-9,11-17,20H,1H2,(H,18,19)(H,21,22,23)(H,24,25,26)/t2-,3-,4-,5-,6-,7-,8+,9-,11-,12-/m1/s1. The average molecular weight is 515 g/mol. The van der Waals surface area contributed by atoms with Crippen molar-refractivity contribution >= 4 is 26.7 Å². The molecule has 0 spiro atoms. The summed E-state index contributed by atoms with van der Waals surface area (Å²) in [7, 11) is -10.2. The van der Waals surface area contributed by atoms with E-state index in [-0.39, 0.29) is 0 Å². The summed E-state index contributed by atoms with van der Waals surface area (Å²) >= 11 is 0. The van der Waals surface area contributed by atoms with Crippen LogP contribution in [0, 0.1) is 0 Å². The van der Waals surface area contributed by atoms with Crippen LogP contribution in [0.3, 0.4) is 0 Å². The summed E-state index contributed by atoms with van der Waals surface area (Å²) in [4.78, 5) is 11.4. The molecule has 0 aromatic carbocycles. The van der Waals surface area contributed by atoms with E-state index in [4.69, 9.17) is 18.6 Å². The Kier molecular flexibility index (Phi) is 8.50. The summed E-state index contributed by atoms with van der Waals surface area (Å²) in [6.45, 7) is -1.15. The number of ether oxygens (including phenoxy) is 3. The van der Waals surface area contributed by atoms with Crippen molar-refractivity contribution in [1.82, 2.24) is 4.72 Å². The minimum Gasteiger partial charge on any atom is -0.479 e. The van der Waals surface area contributed by atoms with E-state index in [1.54, 1.807) is 0 Å². The summed E-state index contributed by atoms with van der Waals surface area (Å²) in [5.41, 5.74) is 0. The number of rotatable bonds is 8. The molecule has 0 bridgehead atoms. The first-order valence-corrected chi connectivity index (χ1v) is 11.3. The second-order valence-electron chi connectivity index (χ2n) is 6.72. The summed E-state index contributed by atoms with van der Waals surface area (Å²) in [5, 5.41) is 58.8. The van der Waals surface area contributed by atoms with Crippen LogP contribution >= 0.6 is 0 Å². The van der Waals surface area contributed by atoms with Gasteiger partial charge in [-0.05, 0) is 0 Å². The van der Waals surface area contributed by atoms with E-state index in [1.807, 2.05) is 0 Å². The third-order valence-electron chi connectivity index (χ3n) is 4.46. The Bertz CT molecular complexity index is 876. The first kappa shape index (κ1) is 27.1. The van der Waals surface area contributed by atoms with Crippen LogP contribution in [-0.2, 0) is 43.9 Å². The molecule has 2 heterocycles. The van der Waals surface area contributed by atoms with Crippen LogP contribution in [0.2, 0.25) is 0 Å². The summed E-state index contributed by atoms with van der Waals surface area (Å²) in [5.74, 6) is -1.82. The molecule has 0 aromatic rings. The fourth-order valence-corrected chi connectivity index (χ4v) is 3.89. The molecule has 2 aliphatic heterocycles. The molecule has 2 rings (SSSR count). The molecule has 32 heavy (non-hydrogen) atoms. The third-order valence-corrected chi connectivity index (χ3v) is 5.47. The fourth-order valence-electron chi connectivity index (χ4n) is 2.99. The van der Waals surface area contributed by atoms with Crippen LogP contribution in [-0.4, -0.2) is 131 Å². The van der Waals surface area contributed by atoms with Crippen LogP contribution in [0.15, 0.2) is 0 Å². The monoisotopic (exact) mass is 515 g/mol. The first-order chi connectivity index (χ1) is 14.5. The van der Waals surface area contributed by atoms with Gasteiger partial charge in [0, 0.05) is 0 Å². The van der Waals surface area contributed by atoms with Gasteiger partial charge >= 0.3 is 26.7 Å². The average Bonchev–Trinajstić information content (AvgIpc) is 2.64. The van der Waals surface area contributed by atoms with Crippen LogP contribution in [0.4, 0.5) is 0 Å². The maximum atomic E-state index is 11.4. The second kappa shape index (κ2) is 10.0. The van der Waals surface area contributed by atoms with Gasteiger partial charge in [0.25, 0.3) is 0 Å². The lowest BCUT2D eigenvalue weighted by molar-refractivity contribution is -0.334. The second-order valence-corrected chi connectivity index (χ2v) is 9.00. The molecular weight excluding hydrogens is 494 g/mol. The van der Waals surface area contributed by atoms with Crippen molar-refractivity contribution in [2.45, 2.75) is 61.3 Å². The van der Waals surface area contributed by atoms with Crippen molar-refractivity contribution < 1.29 is 79.8 Å². The fraction of sp³-hybridized carbons (Fsp3) is 0.917. The predicted molar refractivity (Wildman–Crippen MR) is 92.0 cm³/mol. The number of hydrogen-bond donors (Lipinski definition) is 9. The number of nitrogens with one attached hydrogen (secondary N) is 1. The van der Waals surface area contributed by atoms with Crippen molar-refractivity contribution in [2.24, 2.45) is 0 Å². The molecule has 0 aliphatic carbocycles. The van der Waals surface area contributed by atoms with Crippen LogP contribution in [0.25, 0.3) is 0 Å². The largest absolute Gasteiger partial charge is 0.479 e. The zero-order valence-corrected chi connectivity index (χ0v) is 17.2. The molecule has 2 aliphatic rings. The van der Waals surface area contributed by atoms with Gasteiger partial charge < -0.3 is 44.8 Å². The SMILES string of the molecule is O=C(O)[C@@H]1O[C@@H](O)[C@H](O)[C@@H](O)[C@@H]1O[C@H]1O[C@H](COS(=O)(=O)O)[C@@H](O)[C@H](O)[C@H]1NS(=O)(=O)O. The van der Waals surface area contributed by atoms with Gasteiger partial charge in [0.2, 0.25) is 0 Å². The van der Waals surface area contributed by atoms with Gasteiger partial charge in [0.1, 0.15) is 42.7 Å². The van der Waals surface area contributed by atoms with Gasteiger partial charge in [-0.2, -0.15) is 21.6 Å². The van der Waals surface area contributed by atoms with Crippen LogP contribution in [0.1, 0.15) is 0 Å². The van der Waals surface area contributed by atoms with Gasteiger partial charge in [0.05, 0.1) is 6.61 Å². The zero-order valence-electron chi connectivity index (χ0n) is 15.5. The van der Waals surface area contributed by atoms with Gasteiger partial charge in [-0.3, -0.25) is 9.11 Å².